The van der Waals surface area contributed by atoms with Crippen LogP contribution in [0.15, 0.2) is 18.2 Å². The lowest BCUT2D eigenvalue weighted by atomic mass is 9.98. The molecule has 3 nitrogen and oxygen atoms in total. The fourth-order valence-electron chi connectivity index (χ4n) is 1.45. The summed E-state index contributed by atoms with van der Waals surface area (Å²) < 4.78 is 0. The van der Waals surface area contributed by atoms with Gasteiger partial charge >= 0.3 is 0 Å². The van der Waals surface area contributed by atoms with Crippen LogP contribution in [0, 0.1) is 0 Å². The standard InChI is InChI=1S/C11H13ClO3S/c12-8-3-1-2-7(6-13)10(8)11(15)9(14)4-5-16/h1-3,6,9,11,14-16H,4-5H2. The predicted octanol–water partition coefficient (Wildman–Crippen LogP) is 1.87. The summed E-state index contributed by atoms with van der Waals surface area (Å²) in [4.78, 5) is 10.8. The molecule has 2 unspecified atom stereocenters. The van der Waals surface area contributed by atoms with Gasteiger partial charge in [-0.3, -0.25) is 4.79 Å². The van der Waals surface area contributed by atoms with Crippen LogP contribution in [-0.2, 0) is 0 Å². The first kappa shape index (κ1) is 13.5. The van der Waals surface area contributed by atoms with Gasteiger partial charge in [-0.1, -0.05) is 23.7 Å². The number of halogens is 1. The largest absolute Gasteiger partial charge is 0.390 e. The van der Waals surface area contributed by atoms with Crippen molar-refractivity contribution in [3.63, 3.8) is 0 Å². The maximum atomic E-state index is 10.8. The van der Waals surface area contributed by atoms with Crippen LogP contribution in [0.5, 0.6) is 0 Å². The maximum absolute atomic E-state index is 10.8. The Labute approximate surface area is 104 Å². The molecule has 0 aromatic heterocycles. The molecule has 2 atom stereocenters. The number of aldehydes is 1. The molecule has 0 fully saturated rings. The highest BCUT2D eigenvalue weighted by molar-refractivity contribution is 7.80. The van der Waals surface area contributed by atoms with Crippen molar-refractivity contribution in [1.82, 2.24) is 0 Å². The van der Waals surface area contributed by atoms with Gasteiger partial charge in [0.05, 0.1) is 6.10 Å². The van der Waals surface area contributed by atoms with E-state index in [4.69, 9.17) is 11.6 Å². The maximum Gasteiger partial charge on any atom is 0.150 e. The van der Waals surface area contributed by atoms with Gasteiger partial charge in [-0.25, -0.2) is 0 Å². The van der Waals surface area contributed by atoms with Crippen LogP contribution in [0.2, 0.25) is 5.02 Å². The summed E-state index contributed by atoms with van der Waals surface area (Å²) >= 11 is 9.87. The second-order valence-electron chi connectivity index (χ2n) is 3.39. The molecule has 0 radical (unpaired) electrons. The van der Waals surface area contributed by atoms with E-state index >= 15 is 0 Å². The third-order valence-electron chi connectivity index (χ3n) is 2.30. The Balaban J connectivity index is 3.06. The molecule has 0 aliphatic heterocycles. The molecule has 2 N–H and O–H groups in total. The van der Waals surface area contributed by atoms with Crippen LogP contribution >= 0.6 is 24.2 Å². The highest BCUT2D eigenvalue weighted by Gasteiger charge is 2.22. The minimum Gasteiger partial charge on any atom is -0.390 e. The highest BCUT2D eigenvalue weighted by atomic mass is 35.5. The van der Waals surface area contributed by atoms with Crippen LogP contribution in [0.1, 0.15) is 28.4 Å². The van der Waals surface area contributed by atoms with Crippen LogP contribution in [0.25, 0.3) is 0 Å². The zero-order chi connectivity index (χ0) is 12.1. The van der Waals surface area contributed by atoms with E-state index in [0.29, 0.717) is 24.0 Å². The first-order valence-electron chi connectivity index (χ1n) is 4.82. The zero-order valence-electron chi connectivity index (χ0n) is 8.51. The van der Waals surface area contributed by atoms with E-state index < -0.39 is 12.2 Å². The van der Waals surface area contributed by atoms with E-state index in [9.17, 15) is 15.0 Å². The van der Waals surface area contributed by atoms with Crippen molar-refractivity contribution in [3.8, 4) is 0 Å². The molecule has 1 aromatic carbocycles. The molecular weight excluding hydrogens is 248 g/mol. The zero-order valence-corrected chi connectivity index (χ0v) is 10.2. The molecule has 0 spiro atoms. The molecule has 0 heterocycles. The van der Waals surface area contributed by atoms with Gasteiger partial charge in [0.1, 0.15) is 12.4 Å². The summed E-state index contributed by atoms with van der Waals surface area (Å²) in [6.45, 7) is 0. The Hall–Kier alpha value is -0.550. The molecule has 0 aliphatic carbocycles. The third kappa shape index (κ3) is 2.98. The smallest absolute Gasteiger partial charge is 0.150 e. The SMILES string of the molecule is O=Cc1cccc(Cl)c1C(O)C(O)CCS. The summed E-state index contributed by atoms with van der Waals surface area (Å²) in [5.74, 6) is 0.444. The van der Waals surface area contributed by atoms with Crippen molar-refractivity contribution in [2.45, 2.75) is 18.6 Å². The molecular formula is C11H13ClO3S. The van der Waals surface area contributed by atoms with Gasteiger partial charge in [0.15, 0.2) is 0 Å². The Morgan fingerprint density at radius 2 is 2.12 bits per heavy atom. The summed E-state index contributed by atoms with van der Waals surface area (Å²) in [6, 6.07) is 4.73. The van der Waals surface area contributed by atoms with Gasteiger partial charge in [0, 0.05) is 16.1 Å². The molecule has 88 valence electrons. The van der Waals surface area contributed by atoms with Crippen molar-refractivity contribution in [2.24, 2.45) is 0 Å². The lowest BCUT2D eigenvalue weighted by Gasteiger charge is -2.19. The molecule has 0 saturated heterocycles. The lowest BCUT2D eigenvalue weighted by Crippen LogP contribution is -2.20. The van der Waals surface area contributed by atoms with Gasteiger partial charge < -0.3 is 10.2 Å². The summed E-state index contributed by atoms with van der Waals surface area (Å²) in [5.41, 5.74) is 0.562. The van der Waals surface area contributed by atoms with E-state index in [1.165, 1.54) is 0 Å². The molecule has 5 heteroatoms. The van der Waals surface area contributed by atoms with Crippen molar-refractivity contribution in [3.05, 3.63) is 34.3 Å². The number of hydrogen-bond donors (Lipinski definition) is 3. The topological polar surface area (TPSA) is 57.5 Å². The second-order valence-corrected chi connectivity index (χ2v) is 4.24. The number of hydrogen-bond acceptors (Lipinski definition) is 4. The minimum absolute atomic E-state index is 0.272. The molecule has 0 bridgehead atoms. The van der Waals surface area contributed by atoms with Crippen LogP contribution in [-0.4, -0.2) is 28.4 Å². The minimum atomic E-state index is -1.17. The fraction of sp³-hybridized carbons (Fsp3) is 0.364. The van der Waals surface area contributed by atoms with Gasteiger partial charge in [0.25, 0.3) is 0 Å². The number of benzene rings is 1. The molecule has 1 aromatic rings. The number of aliphatic hydroxyl groups excluding tert-OH is 2. The van der Waals surface area contributed by atoms with Gasteiger partial charge in [-0.2, -0.15) is 12.6 Å². The van der Waals surface area contributed by atoms with Crippen molar-refractivity contribution in [2.75, 3.05) is 5.75 Å². The van der Waals surface area contributed by atoms with Crippen LogP contribution in [0.4, 0.5) is 0 Å². The van der Waals surface area contributed by atoms with E-state index in [1.807, 2.05) is 0 Å². The summed E-state index contributed by atoms with van der Waals surface area (Å²) in [5, 5.41) is 19.8. The Bertz CT molecular complexity index is 370. The number of carbonyl (C=O) groups excluding carboxylic acids is 1. The molecule has 0 saturated carbocycles. The fourth-order valence-corrected chi connectivity index (χ4v) is 2.01. The summed E-state index contributed by atoms with van der Waals surface area (Å²) in [7, 11) is 0. The molecule has 0 aliphatic rings. The molecule has 1 rings (SSSR count). The van der Waals surface area contributed by atoms with Gasteiger partial charge in [-0.05, 0) is 18.2 Å². The van der Waals surface area contributed by atoms with E-state index in [0.717, 1.165) is 0 Å². The van der Waals surface area contributed by atoms with E-state index in [-0.39, 0.29) is 10.6 Å². The van der Waals surface area contributed by atoms with E-state index in [2.05, 4.69) is 12.6 Å². The van der Waals surface area contributed by atoms with Crippen LogP contribution < -0.4 is 0 Å². The highest BCUT2D eigenvalue weighted by Crippen LogP contribution is 2.29. The second kappa shape index (κ2) is 6.25. The van der Waals surface area contributed by atoms with Gasteiger partial charge in [-0.15, -0.1) is 0 Å². The van der Waals surface area contributed by atoms with Gasteiger partial charge in [0.2, 0.25) is 0 Å². The van der Waals surface area contributed by atoms with Crippen molar-refractivity contribution < 1.29 is 15.0 Å². The number of aliphatic hydroxyl groups is 2. The Kier molecular flexibility index (Phi) is 5.28. The first-order valence-corrected chi connectivity index (χ1v) is 5.83. The average molecular weight is 261 g/mol. The number of rotatable bonds is 5. The quantitative estimate of drug-likeness (QED) is 0.560. The average Bonchev–Trinajstić information content (AvgIpc) is 2.28. The predicted molar refractivity (Wildman–Crippen MR) is 66.3 cm³/mol. The normalized spacial score (nSPS) is 14.5. The number of carbonyl (C=O) groups is 1. The number of thiol groups is 1. The Morgan fingerprint density at radius 1 is 1.44 bits per heavy atom. The van der Waals surface area contributed by atoms with Crippen molar-refractivity contribution >= 4 is 30.5 Å². The van der Waals surface area contributed by atoms with Crippen LogP contribution in [0.3, 0.4) is 0 Å². The third-order valence-corrected chi connectivity index (χ3v) is 2.89. The molecule has 16 heavy (non-hydrogen) atoms. The lowest BCUT2D eigenvalue weighted by molar-refractivity contribution is 0.0169. The van der Waals surface area contributed by atoms with E-state index in [1.54, 1.807) is 18.2 Å². The Morgan fingerprint density at radius 3 is 2.69 bits per heavy atom. The van der Waals surface area contributed by atoms with Crippen molar-refractivity contribution in [1.29, 1.82) is 0 Å². The molecule has 0 amide bonds. The summed E-state index contributed by atoms with van der Waals surface area (Å²) in [6.07, 6.45) is -1.21. The monoisotopic (exact) mass is 260 g/mol. The first-order chi connectivity index (χ1) is 7.61.